The van der Waals surface area contributed by atoms with Crippen molar-refractivity contribution >= 4 is 28.8 Å². The van der Waals surface area contributed by atoms with Crippen LogP contribution >= 0.6 is 0 Å². The Morgan fingerprint density at radius 3 is 2.37 bits per heavy atom. The molecule has 0 radical (unpaired) electrons. The van der Waals surface area contributed by atoms with Crippen molar-refractivity contribution in [3.63, 3.8) is 0 Å². The molecule has 2 aliphatic rings. The van der Waals surface area contributed by atoms with Crippen LogP contribution in [0.5, 0.6) is 5.75 Å². The van der Waals surface area contributed by atoms with Gasteiger partial charge in [0.2, 0.25) is 0 Å². The van der Waals surface area contributed by atoms with E-state index in [1.54, 1.807) is 36.4 Å². The smallest absolute Gasteiger partial charge is 0.339 e. The van der Waals surface area contributed by atoms with E-state index >= 15 is 0 Å². The lowest BCUT2D eigenvalue weighted by Crippen LogP contribution is -2.44. The number of amides is 2. The Bertz CT molecular complexity index is 1270. The van der Waals surface area contributed by atoms with E-state index in [1.165, 1.54) is 13.0 Å². The Labute approximate surface area is 170 Å². The molecule has 1 aliphatic heterocycles. The Hall–Kier alpha value is -3.74. The number of hydrogen-bond donors (Lipinski definition) is 0. The quantitative estimate of drug-likeness (QED) is 0.289. The van der Waals surface area contributed by atoms with E-state index in [0.29, 0.717) is 17.6 Å². The Balaban J connectivity index is 1.41. The van der Waals surface area contributed by atoms with Crippen LogP contribution in [0.3, 0.4) is 0 Å². The lowest BCUT2D eigenvalue weighted by atomic mass is 10.1. The molecular formula is C23H17NO6. The monoisotopic (exact) mass is 403 g/mol. The van der Waals surface area contributed by atoms with Crippen LogP contribution in [0.15, 0.2) is 51.7 Å². The molecule has 2 amide bonds. The minimum Gasteiger partial charge on any atom is -0.425 e. The number of carbonyl (C=O) groups excluding carboxylic acids is 3. The van der Waals surface area contributed by atoms with Crippen LogP contribution in [0, 0.1) is 0 Å². The Morgan fingerprint density at radius 2 is 1.67 bits per heavy atom. The molecule has 0 fully saturated rings. The zero-order valence-electron chi connectivity index (χ0n) is 16.1. The third kappa shape index (κ3) is 2.66. The zero-order valence-corrected chi connectivity index (χ0v) is 16.1. The van der Waals surface area contributed by atoms with Gasteiger partial charge < -0.3 is 9.15 Å². The number of imide groups is 1. The van der Waals surface area contributed by atoms with Crippen molar-refractivity contribution in [2.45, 2.75) is 32.2 Å². The molecule has 150 valence electrons. The lowest BCUT2D eigenvalue weighted by Gasteiger charge is -2.20. The molecule has 0 N–H and O–H groups in total. The van der Waals surface area contributed by atoms with Gasteiger partial charge in [-0.3, -0.25) is 14.5 Å². The molecule has 1 unspecified atom stereocenters. The van der Waals surface area contributed by atoms with Crippen LogP contribution in [0.1, 0.15) is 45.2 Å². The maximum Gasteiger partial charge on any atom is 0.339 e. The number of hydrogen-bond acceptors (Lipinski definition) is 6. The minimum atomic E-state index is -1.11. The second kappa shape index (κ2) is 6.66. The SMILES string of the molecule is CC(C(=O)Oc1ccc2c3c(c(=O)oc2c1)CCC3)N1C(=O)c2ccccc2C1=O. The topological polar surface area (TPSA) is 93.9 Å². The van der Waals surface area contributed by atoms with Gasteiger partial charge in [0.15, 0.2) is 0 Å². The third-order valence-electron chi connectivity index (χ3n) is 5.72. The van der Waals surface area contributed by atoms with Crippen molar-refractivity contribution in [3.8, 4) is 5.75 Å². The number of esters is 1. The molecule has 0 saturated heterocycles. The summed E-state index contributed by atoms with van der Waals surface area (Å²) in [5.74, 6) is -1.63. The number of fused-ring (bicyclic) bond motifs is 4. The fraction of sp³-hybridized carbons (Fsp3) is 0.217. The largest absolute Gasteiger partial charge is 0.425 e. The minimum absolute atomic E-state index is 0.178. The predicted octanol–water partition coefficient (Wildman–Crippen LogP) is 2.87. The molecule has 0 spiro atoms. The Morgan fingerprint density at radius 1 is 1.00 bits per heavy atom. The van der Waals surface area contributed by atoms with Crippen LogP contribution in [-0.4, -0.2) is 28.7 Å². The van der Waals surface area contributed by atoms with Gasteiger partial charge in [-0.25, -0.2) is 9.59 Å². The zero-order chi connectivity index (χ0) is 21.0. The first-order valence-corrected chi connectivity index (χ1v) is 9.73. The summed E-state index contributed by atoms with van der Waals surface area (Å²) in [6, 6.07) is 10.2. The lowest BCUT2D eigenvalue weighted by molar-refractivity contribution is -0.138. The van der Waals surface area contributed by atoms with Gasteiger partial charge in [-0.1, -0.05) is 12.1 Å². The highest BCUT2D eigenvalue weighted by atomic mass is 16.5. The summed E-state index contributed by atoms with van der Waals surface area (Å²) >= 11 is 0. The van der Waals surface area contributed by atoms with Crippen molar-refractivity contribution in [1.29, 1.82) is 0 Å². The van der Waals surface area contributed by atoms with E-state index in [4.69, 9.17) is 9.15 Å². The van der Waals surface area contributed by atoms with Crippen LogP contribution < -0.4 is 10.4 Å². The van der Waals surface area contributed by atoms with Gasteiger partial charge in [0.25, 0.3) is 11.8 Å². The van der Waals surface area contributed by atoms with E-state index in [1.807, 2.05) is 0 Å². The standard InChI is InChI=1S/C23H17NO6/c1-12(24-20(25)16-5-2-3-6-17(16)21(24)26)22(27)29-13-9-10-15-14-7-4-8-18(14)23(28)30-19(15)11-13/h2-3,5-6,9-12H,4,7-8H2,1H3. The fourth-order valence-electron chi connectivity index (χ4n) is 4.19. The first-order chi connectivity index (χ1) is 14.5. The van der Waals surface area contributed by atoms with E-state index in [2.05, 4.69) is 0 Å². The number of rotatable bonds is 3. The van der Waals surface area contributed by atoms with Crippen LogP contribution in [-0.2, 0) is 17.6 Å². The predicted molar refractivity (Wildman–Crippen MR) is 107 cm³/mol. The van der Waals surface area contributed by atoms with Gasteiger partial charge in [0.05, 0.1) is 11.1 Å². The number of carbonyl (C=O) groups is 3. The van der Waals surface area contributed by atoms with E-state index in [-0.39, 0.29) is 22.5 Å². The first kappa shape index (κ1) is 18.3. The molecule has 1 aliphatic carbocycles. The molecule has 0 bridgehead atoms. The van der Waals surface area contributed by atoms with Crippen molar-refractivity contribution in [2.24, 2.45) is 0 Å². The summed E-state index contributed by atoms with van der Waals surface area (Å²) in [6.07, 6.45) is 2.43. The van der Waals surface area contributed by atoms with Crippen molar-refractivity contribution in [3.05, 3.63) is 75.1 Å². The molecule has 1 atom stereocenters. The summed E-state index contributed by atoms with van der Waals surface area (Å²) in [7, 11) is 0. The van der Waals surface area contributed by atoms with Crippen LogP contribution in [0.4, 0.5) is 0 Å². The van der Waals surface area contributed by atoms with E-state index < -0.39 is 23.8 Å². The molecule has 0 saturated carbocycles. The van der Waals surface area contributed by atoms with Gasteiger partial charge in [-0.2, -0.15) is 0 Å². The molecule has 1 aromatic heterocycles. The van der Waals surface area contributed by atoms with Crippen molar-refractivity contribution in [2.75, 3.05) is 0 Å². The maximum absolute atomic E-state index is 12.7. The highest BCUT2D eigenvalue weighted by Gasteiger charge is 2.41. The second-order valence-electron chi connectivity index (χ2n) is 7.48. The molecule has 30 heavy (non-hydrogen) atoms. The molecule has 2 heterocycles. The van der Waals surface area contributed by atoms with E-state index in [0.717, 1.165) is 28.7 Å². The summed E-state index contributed by atoms with van der Waals surface area (Å²) in [5.41, 5.74) is 2.22. The molecule has 3 aromatic rings. The average Bonchev–Trinajstić information content (AvgIpc) is 3.32. The van der Waals surface area contributed by atoms with Gasteiger partial charge in [0.1, 0.15) is 17.4 Å². The van der Waals surface area contributed by atoms with Gasteiger partial charge in [0, 0.05) is 17.0 Å². The van der Waals surface area contributed by atoms with Gasteiger partial charge in [-0.05, 0) is 56.0 Å². The first-order valence-electron chi connectivity index (χ1n) is 9.73. The summed E-state index contributed by atoms with van der Waals surface area (Å²) in [6.45, 7) is 1.44. The number of aryl methyl sites for hydroxylation is 1. The highest BCUT2D eigenvalue weighted by Crippen LogP contribution is 2.30. The molecular weight excluding hydrogens is 386 g/mol. The highest BCUT2D eigenvalue weighted by molar-refractivity contribution is 6.22. The second-order valence-corrected chi connectivity index (χ2v) is 7.48. The average molecular weight is 403 g/mol. The number of nitrogens with zero attached hydrogens (tertiary/aromatic N) is 1. The van der Waals surface area contributed by atoms with Crippen molar-refractivity contribution in [1.82, 2.24) is 4.90 Å². The summed E-state index contributed by atoms with van der Waals surface area (Å²) in [5, 5.41) is 0.829. The molecule has 2 aromatic carbocycles. The third-order valence-corrected chi connectivity index (χ3v) is 5.72. The number of ether oxygens (including phenoxy) is 1. The summed E-state index contributed by atoms with van der Waals surface area (Å²) < 4.78 is 10.8. The normalized spacial score (nSPS) is 16.0. The van der Waals surface area contributed by atoms with Gasteiger partial charge >= 0.3 is 11.6 Å². The Kier molecular flexibility index (Phi) is 4.06. The molecule has 7 heteroatoms. The summed E-state index contributed by atoms with van der Waals surface area (Å²) in [4.78, 5) is 50.9. The number of benzene rings is 2. The van der Waals surface area contributed by atoms with Crippen LogP contribution in [0.25, 0.3) is 11.0 Å². The fourth-order valence-corrected chi connectivity index (χ4v) is 4.19. The van der Waals surface area contributed by atoms with E-state index in [9.17, 15) is 19.2 Å². The van der Waals surface area contributed by atoms with Crippen molar-refractivity contribution < 1.29 is 23.5 Å². The molecule has 7 nitrogen and oxygen atoms in total. The van der Waals surface area contributed by atoms with Gasteiger partial charge in [-0.15, -0.1) is 0 Å². The van der Waals surface area contributed by atoms with Crippen LogP contribution in [0.2, 0.25) is 0 Å². The maximum atomic E-state index is 12.7. The molecule has 5 rings (SSSR count).